The minimum Gasteiger partial charge on any atom is -0.493 e. The van der Waals surface area contributed by atoms with Crippen molar-refractivity contribution in [2.24, 2.45) is 5.41 Å². The molecule has 1 aromatic carbocycles. The van der Waals surface area contributed by atoms with Gasteiger partial charge in [0.25, 0.3) is 0 Å². The highest BCUT2D eigenvalue weighted by atomic mass is 32.3. The number of methoxy groups -OCH3 is 1. The summed E-state index contributed by atoms with van der Waals surface area (Å²) in [4.78, 5) is 24.1. The molecule has 2 aromatic rings. The molecule has 0 spiro atoms. The van der Waals surface area contributed by atoms with Gasteiger partial charge in [0.15, 0.2) is 16.9 Å². The van der Waals surface area contributed by atoms with Crippen molar-refractivity contribution in [1.82, 2.24) is 4.57 Å². The van der Waals surface area contributed by atoms with E-state index in [0.29, 0.717) is 42.4 Å². The lowest BCUT2D eigenvalue weighted by molar-refractivity contribution is 0.0693. The second-order valence-corrected chi connectivity index (χ2v) is 12.1. The smallest absolute Gasteiger partial charge is 0.341 e. The number of benzene rings is 1. The Labute approximate surface area is 195 Å². The number of hydrogen-bond donors (Lipinski definition) is 2. The van der Waals surface area contributed by atoms with E-state index in [1.807, 2.05) is 16.7 Å². The zero-order valence-corrected chi connectivity index (χ0v) is 20.8. The summed E-state index contributed by atoms with van der Waals surface area (Å²) < 4.78 is 28.6. The Kier molecular flexibility index (Phi) is 7.16. The highest BCUT2D eigenvalue weighted by Gasteiger charge is 2.34. The van der Waals surface area contributed by atoms with E-state index >= 15 is 0 Å². The van der Waals surface area contributed by atoms with Crippen molar-refractivity contribution in [1.29, 1.82) is 0 Å². The fraction of sp³-hybridized carbons (Fsp3) is 0.500. The van der Waals surface area contributed by atoms with Gasteiger partial charge in [0, 0.05) is 35.9 Å². The summed E-state index contributed by atoms with van der Waals surface area (Å²) in [6.45, 7) is 6.67. The molecule has 0 fully saturated rings. The molecular weight excluding hydrogens is 446 g/mol. The Bertz CT molecular complexity index is 1100. The maximum atomic E-state index is 12.5. The van der Waals surface area contributed by atoms with Gasteiger partial charge in [-0.1, -0.05) is 20.8 Å². The lowest BCUT2D eigenvalue weighted by atomic mass is 9.78. The van der Waals surface area contributed by atoms with Crippen molar-refractivity contribution in [2.45, 2.75) is 39.7 Å². The van der Waals surface area contributed by atoms with Gasteiger partial charge in [-0.3, -0.25) is 13.5 Å². The van der Waals surface area contributed by atoms with Gasteiger partial charge in [-0.2, -0.15) is 10.6 Å². The Morgan fingerprint density at radius 2 is 1.91 bits per heavy atom. The zero-order valence-electron chi connectivity index (χ0n) is 20.0. The van der Waals surface area contributed by atoms with Crippen LogP contribution in [0.1, 0.15) is 49.2 Å². The van der Waals surface area contributed by atoms with E-state index in [1.54, 1.807) is 13.4 Å². The predicted octanol–water partition coefficient (Wildman–Crippen LogP) is 4.60. The first-order valence-corrected chi connectivity index (χ1v) is 12.8. The van der Waals surface area contributed by atoms with Crippen molar-refractivity contribution in [3.8, 4) is 22.8 Å². The normalized spacial score (nSPS) is 18.0. The predicted molar refractivity (Wildman–Crippen MR) is 130 cm³/mol. The number of aromatic nitrogens is 1. The van der Waals surface area contributed by atoms with Gasteiger partial charge in [-0.25, -0.2) is 4.79 Å². The number of pyridine rings is 1. The third kappa shape index (κ3) is 5.37. The fourth-order valence-electron chi connectivity index (χ4n) is 4.09. The first-order chi connectivity index (χ1) is 15.4. The van der Waals surface area contributed by atoms with Crippen molar-refractivity contribution in [3.63, 3.8) is 0 Å². The average Bonchev–Trinajstić information content (AvgIpc) is 2.74. The third-order valence-electron chi connectivity index (χ3n) is 6.01. The van der Waals surface area contributed by atoms with E-state index in [2.05, 4.69) is 20.8 Å². The van der Waals surface area contributed by atoms with Crippen LogP contribution in [0.3, 0.4) is 0 Å². The number of carboxylic acid groups (broad SMARTS) is 1. The quantitative estimate of drug-likeness (QED) is 0.533. The zero-order chi connectivity index (χ0) is 24.6. The minimum absolute atomic E-state index is 0.0552. The molecule has 2 N–H and O–H groups in total. The first kappa shape index (κ1) is 25.1. The van der Waals surface area contributed by atoms with Crippen LogP contribution in [0.4, 0.5) is 0 Å². The van der Waals surface area contributed by atoms with Crippen LogP contribution in [0.5, 0.6) is 11.5 Å². The van der Waals surface area contributed by atoms with E-state index < -0.39 is 22.0 Å². The van der Waals surface area contributed by atoms with Crippen LogP contribution in [-0.4, -0.2) is 53.0 Å². The van der Waals surface area contributed by atoms with Crippen molar-refractivity contribution >= 4 is 16.6 Å². The van der Waals surface area contributed by atoms with Gasteiger partial charge < -0.3 is 19.1 Å². The number of ether oxygens (including phenoxy) is 2. The standard InChI is InChI=1S/C24H33NO7S/c1-24(2,3)22-11-15-10-21(32-8-7-9-33(6,29)31-5)20(30-4)12-16(15)18-13-19(26)17(23(27)28)14-25(18)22/h10,12-14,22,29H,7-9,11H2,1-6H3,(H,27,28)/t22-/m0/s1. The van der Waals surface area contributed by atoms with E-state index in [4.69, 9.17) is 13.7 Å². The van der Waals surface area contributed by atoms with Crippen molar-refractivity contribution in [3.05, 3.63) is 45.7 Å². The molecule has 182 valence electrons. The van der Waals surface area contributed by atoms with E-state index in [9.17, 15) is 19.2 Å². The lowest BCUT2D eigenvalue weighted by Crippen LogP contribution is -2.32. The second kappa shape index (κ2) is 9.40. The van der Waals surface area contributed by atoms with Gasteiger partial charge in [-0.15, -0.1) is 0 Å². The Hall–Kier alpha value is -2.49. The first-order valence-electron chi connectivity index (χ1n) is 10.8. The highest BCUT2D eigenvalue weighted by Crippen LogP contribution is 2.46. The van der Waals surface area contributed by atoms with Crippen LogP contribution in [0.25, 0.3) is 11.3 Å². The van der Waals surface area contributed by atoms with Gasteiger partial charge in [0.05, 0.1) is 26.5 Å². The summed E-state index contributed by atoms with van der Waals surface area (Å²) >= 11 is 0. The molecule has 8 nitrogen and oxygen atoms in total. The molecule has 1 aliphatic heterocycles. The lowest BCUT2D eigenvalue weighted by Gasteiger charge is -2.39. The van der Waals surface area contributed by atoms with Crippen LogP contribution in [0.15, 0.2) is 29.2 Å². The SMILES string of the molecule is COc1cc2c(cc1OCCCS(C)(O)OC)C[C@@H](C(C)(C)C)n1cc(C(=O)O)c(=O)cc1-2. The van der Waals surface area contributed by atoms with E-state index in [-0.39, 0.29) is 17.0 Å². The molecule has 0 aliphatic carbocycles. The number of hydrogen-bond acceptors (Lipinski definition) is 6. The molecule has 1 aromatic heterocycles. The third-order valence-corrected chi connectivity index (χ3v) is 7.77. The number of nitrogens with zero attached hydrogens (tertiary/aromatic N) is 1. The summed E-state index contributed by atoms with van der Waals surface area (Å²) in [6, 6.07) is 5.12. The topological polar surface area (TPSA) is 107 Å². The molecule has 0 saturated heterocycles. The molecule has 0 saturated carbocycles. The summed E-state index contributed by atoms with van der Waals surface area (Å²) in [5, 5.41) is 9.47. The minimum atomic E-state index is -2.06. The molecule has 1 aliphatic rings. The van der Waals surface area contributed by atoms with Gasteiger partial charge in [0.2, 0.25) is 0 Å². The molecule has 2 heterocycles. The van der Waals surface area contributed by atoms with Crippen molar-refractivity contribution in [2.75, 3.05) is 32.8 Å². The maximum Gasteiger partial charge on any atom is 0.341 e. The monoisotopic (exact) mass is 479 g/mol. The van der Waals surface area contributed by atoms with Crippen LogP contribution in [0.2, 0.25) is 0 Å². The van der Waals surface area contributed by atoms with Crippen LogP contribution >= 0.6 is 10.6 Å². The number of fused-ring (bicyclic) bond motifs is 3. The Balaban J connectivity index is 2.02. The van der Waals surface area contributed by atoms with Gasteiger partial charge >= 0.3 is 5.97 Å². The summed E-state index contributed by atoms with van der Waals surface area (Å²) in [7, 11) is 0.988. The molecule has 0 radical (unpaired) electrons. The van der Waals surface area contributed by atoms with Gasteiger partial charge in [-0.05, 0) is 36.0 Å². The summed E-state index contributed by atoms with van der Waals surface area (Å²) in [6.07, 6.45) is 4.42. The van der Waals surface area contributed by atoms with Crippen LogP contribution in [-0.2, 0) is 10.6 Å². The highest BCUT2D eigenvalue weighted by molar-refractivity contribution is 8.24. The molecule has 1 unspecified atom stereocenters. The molecule has 0 bridgehead atoms. The maximum absolute atomic E-state index is 12.5. The number of aromatic carboxylic acids is 1. The Morgan fingerprint density at radius 1 is 1.21 bits per heavy atom. The number of carboxylic acids is 1. The van der Waals surface area contributed by atoms with Crippen LogP contribution in [0, 0.1) is 5.41 Å². The second-order valence-electron chi connectivity index (χ2n) is 9.43. The van der Waals surface area contributed by atoms with E-state index in [1.165, 1.54) is 19.4 Å². The van der Waals surface area contributed by atoms with E-state index in [0.717, 1.165) is 11.1 Å². The molecule has 33 heavy (non-hydrogen) atoms. The molecular formula is C24H33NO7S. The Morgan fingerprint density at radius 3 is 2.48 bits per heavy atom. The molecule has 0 amide bonds. The van der Waals surface area contributed by atoms with Crippen LogP contribution < -0.4 is 14.9 Å². The van der Waals surface area contributed by atoms with Crippen molar-refractivity contribution < 1.29 is 28.1 Å². The fourth-order valence-corrected chi connectivity index (χ4v) is 4.91. The largest absolute Gasteiger partial charge is 0.493 e. The molecule has 3 rings (SSSR count). The average molecular weight is 480 g/mol. The van der Waals surface area contributed by atoms with Gasteiger partial charge in [0.1, 0.15) is 5.56 Å². The summed E-state index contributed by atoms with van der Waals surface area (Å²) in [5.41, 5.74) is 1.53. The molecule has 2 atom stereocenters. The number of rotatable bonds is 8. The molecule has 9 heteroatoms. The summed E-state index contributed by atoms with van der Waals surface area (Å²) in [5.74, 6) is 0.388. The number of carbonyl (C=O) groups is 1.